The Morgan fingerprint density at radius 3 is 2.92 bits per heavy atom. The van der Waals surface area contributed by atoms with Gasteiger partial charge in [-0.25, -0.2) is 4.98 Å². The molecule has 0 atom stereocenters. The molecule has 0 aromatic carbocycles. The Hall–Kier alpha value is -1.65. The first-order chi connectivity index (χ1) is 6.16. The molecule has 1 aromatic rings. The maximum atomic E-state index is 11.0. The van der Waals surface area contributed by atoms with Crippen LogP contribution in [0.15, 0.2) is 0 Å². The number of carbonyl (C=O) groups is 1. The molecule has 2 heterocycles. The smallest absolute Gasteiger partial charge is 0.225 e. The zero-order valence-corrected chi connectivity index (χ0v) is 7.29. The normalized spacial score (nSPS) is 15.0. The summed E-state index contributed by atoms with van der Waals surface area (Å²) in [6.45, 7) is 1.87. The Kier molecular flexibility index (Phi) is 1.65. The van der Waals surface area contributed by atoms with E-state index in [9.17, 15) is 4.79 Å². The summed E-state index contributed by atoms with van der Waals surface area (Å²) in [5, 5.41) is 2.67. The van der Waals surface area contributed by atoms with Gasteiger partial charge in [0.15, 0.2) is 0 Å². The van der Waals surface area contributed by atoms with Gasteiger partial charge in [-0.3, -0.25) is 4.79 Å². The lowest BCUT2D eigenvalue weighted by molar-refractivity contribution is -0.116. The van der Waals surface area contributed by atoms with E-state index in [-0.39, 0.29) is 11.9 Å². The second kappa shape index (κ2) is 2.69. The molecule has 0 bridgehead atoms. The number of hydrogen-bond donors (Lipinski definition) is 2. The van der Waals surface area contributed by atoms with Crippen LogP contribution < -0.4 is 11.1 Å². The van der Waals surface area contributed by atoms with Crippen LogP contribution in [-0.4, -0.2) is 15.9 Å². The summed E-state index contributed by atoms with van der Waals surface area (Å²) in [7, 11) is 0. The zero-order valence-electron chi connectivity index (χ0n) is 7.29. The van der Waals surface area contributed by atoms with Crippen LogP contribution in [0.3, 0.4) is 0 Å². The van der Waals surface area contributed by atoms with Crippen LogP contribution in [0.4, 0.5) is 11.8 Å². The molecule has 3 N–H and O–H groups in total. The van der Waals surface area contributed by atoms with E-state index >= 15 is 0 Å². The monoisotopic (exact) mass is 178 g/mol. The SMILES string of the molecule is Cc1nc(N)nc2c1CCC(=O)N2. The Morgan fingerprint density at radius 2 is 2.15 bits per heavy atom. The van der Waals surface area contributed by atoms with E-state index in [1.54, 1.807) is 0 Å². The van der Waals surface area contributed by atoms with Crippen LogP contribution in [0.1, 0.15) is 17.7 Å². The lowest BCUT2D eigenvalue weighted by atomic mass is 10.1. The Balaban J connectivity index is 2.53. The van der Waals surface area contributed by atoms with Crippen LogP contribution in [0.25, 0.3) is 0 Å². The Bertz CT molecular complexity index is 375. The fraction of sp³-hybridized carbons (Fsp3) is 0.375. The fourth-order valence-corrected chi connectivity index (χ4v) is 1.45. The highest BCUT2D eigenvalue weighted by Crippen LogP contribution is 2.22. The molecule has 5 heteroatoms. The zero-order chi connectivity index (χ0) is 9.42. The first-order valence-electron chi connectivity index (χ1n) is 4.09. The maximum Gasteiger partial charge on any atom is 0.225 e. The number of carbonyl (C=O) groups excluding carboxylic acids is 1. The third kappa shape index (κ3) is 1.32. The number of fused-ring (bicyclic) bond motifs is 1. The Labute approximate surface area is 75.4 Å². The van der Waals surface area contributed by atoms with Gasteiger partial charge in [0.1, 0.15) is 5.82 Å². The van der Waals surface area contributed by atoms with E-state index in [4.69, 9.17) is 5.73 Å². The minimum absolute atomic E-state index is 0.00926. The molecular formula is C8H10N4O. The van der Waals surface area contributed by atoms with E-state index in [0.717, 1.165) is 11.3 Å². The van der Waals surface area contributed by atoms with Crippen molar-refractivity contribution in [3.05, 3.63) is 11.3 Å². The van der Waals surface area contributed by atoms with E-state index in [2.05, 4.69) is 15.3 Å². The lowest BCUT2D eigenvalue weighted by Gasteiger charge is -2.16. The third-order valence-corrected chi connectivity index (χ3v) is 2.09. The van der Waals surface area contributed by atoms with Crippen molar-refractivity contribution >= 4 is 17.7 Å². The van der Waals surface area contributed by atoms with Gasteiger partial charge < -0.3 is 11.1 Å². The predicted molar refractivity (Wildman–Crippen MR) is 48.1 cm³/mol. The molecule has 0 saturated heterocycles. The van der Waals surface area contributed by atoms with Crippen LogP contribution in [0.2, 0.25) is 0 Å². The Morgan fingerprint density at radius 1 is 1.38 bits per heavy atom. The summed E-state index contributed by atoms with van der Waals surface area (Å²) < 4.78 is 0. The van der Waals surface area contributed by atoms with Crippen LogP contribution in [0.5, 0.6) is 0 Å². The molecule has 1 aliphatic rings. The molecule has 0 aliphatic carbocycles. The van der Waals surface area contributed by atoms with Crippen molar-refractivity contribution < 1.29 is 4.79 Å². The number of nitrogens with two attached hydrogens (primary N) is 1. The molecule has 13 heavy (non-hydrogen) atoms. The molecule has 1 aromatic heterocycles. The van der Waals surface area contributed by atoms with Gasteiger partial charge >= 0.3 is 0 Å². The second-order valence-electron chi connectivity index (χ2n) is 3.04. The van der Waals surface area contributed by atoms with Gasteiger partial charge in [-0.2, -0.15) is 4.98 Å². The van der Waals surface area contributed by atoms with E-state index in [0.29, 0.717) is 18.7 Å². The summed E-state index contributed by atoms with van der Waals surface area (Å²) in [5.41, 5.74) is 7.30. The first kappa shape index (κ1) is 7.97. The molecule has 5 nitrogen and oxygen atoms in total. The van der Waals surface area contributed by atoms with Crippen LogP contribution >= 0.6 is 0 Å². The van der Waals surface area contributed by atoms with Gasteiger partial charge in [0.05, 0.1) is 0 Å². The molecule has 0 saturated carbocycles. The van der Waals surface area contributed by atoms with Gasteiger partial charge in [0, 0.05) is 17.7 Å². The summed E-state index contributed by atoms with van der Waals surface area (Å²) in [6.07, 6.45) is 1.20. The highest BCUT2D eigenvalue weighted by Gasteiger charge is 2.18. The number of aromatic nitrogens is 2. The maximum absolute atomic E-state index is 11.0. The van der Waals surface area contributed by atoms with Crippen molar-refractivity contribution in [2.75, 3.05) is 11.1 Å². The first-order valence-corrected chi connectivity index (χ1v) is 4.09. The fourth-order valence-electron chi connectivity index (χ4n) is 1.45. The summed E-state index contributed by atoms with van der Waals surface area (Å²) >= 11 is 0. The topological polar surface area (TPSA) is 80.9 Å². The molecule has 68 valence electrons. The number of anilines is 2. The average molecular weight is 178 g/mol. The molecule has 2 rings (SSSR count). The number of aryl methyl sites for hydroxylation is 1. The number of nitrogens with one attached hydrogen (secondary N) is 1. The van der Waals surface area contributed by atoms with Crippen molar-refractivity contribution in [2.24, 2.45) is 0 Å². The number of nitrogen functional groups attached to an aromatic ring is 1. The van der Waals surface area contributed by atoms with Crippen molar-refractivity contribution in [2.45, 2.75) is 19.8 Å². The number of hydrogen-bond acceptors (Lipinski definition) is 4. The van der Waals surface area contributed by atoms with Crippen LogP contribution in [0, 0.1) is 6.92 Å². The predicted octanol–water partition coefficient (Wildman–Crippen LogP) is 0.252. The van der Waals surface area contributed by atoms with Gasteiger partial charge in [-0.05, 0) is 13.3 Å². The van der Waals surface area contributed by atoms with Gasteiger partial charge in [0.2, 0.25) is 11.9 Å². The van der Waals surface area contributed by atoms with Crippen molar-refractivity contribution in [3.63, 3.8) is 0 Å². The molecule has 1 amide bonds. The average Bonchev–Trinajstić information content (AvgIpc) is 2.02. The second-order valence-corrected chi connectivity index (χ2v) is 3.04. The highest BCUT2D eigenvalue weighted by atomic mass is 16.1. The quantitative estimate of drug-likeness (QED) is 0.596. The molecular weight excluding hydrogens is 168 g/mol. The highest BCUT2D eigenvalue weighted by molar-refractivity contribution is 5.93. The summed E-state index contributed by atoms with van der Waals surface area (Å²) in [6, 6.07) is 0. The van der Waals surface area contributed by atoms with Gasteiger partial charge in [-0.1, -0.05) is 0 Å². The molecule has 1 aliphatic heterocycles. The van der Waals surface area contributed by atoms with E-state index in [1.807, 2.05) is 6.92 Å². The van der Waals surface area contributed by atoms with E-state index in [1.165, 1.54) is 0 Å². The van der Waals surface area contributed by atoms with Crippen molar-refractivity contribution in [1.82, 2.24) is 9.97 Å². The molecule has 0 radical (unpaired) electrons. The largest absolute Gasteiger partial charge is 0.368 e. The van der Waals surface area contributed by atoms with Gasteiger partial charge in [-0.15, -0.1) is 0 Å². The number of amides is 1. The third-order valence-electron chi connectivity index (χ3n) is 2.09. The minimum Gasteiger partial charge on any atom is -0.368 e. The van der Waals surface area contributed by atoms with Crippen molar-refractivity contribution in [3.8, 4) is 0 Å². The standard InChI is InChI=1S/C8H10N4O/c1-4-5-2-3-6(13)11-7(5)12-8(9)10-4/h2-3H2,1H3,(H3,9,10,11,12,13). The van der Waals surface area contributed by atoms with Gasteiger partial charge in [0.25, 0.3) is 0 Å². The lowest BCUT2D eigenvalue weighted by Crippen LogP contribution is -2.22. The summed E-state index contributed by atoms with van der Waals surface area (Å²) in [5.74, 6) is 0.768. The summed E-state index contributed by atoms with van der Waals surface area (Å²) in [4.78, 5) is 19.0. The molecule has 0 spiro atoms. The molecule has 0 unspecified atom stereocenters. The van der Waals surface area contributed by atoms with E-state index < -0.39 is 0 Å². The number of nitrogens with zero attached hydrogens (tertiary/aromatic N) is 2. The van der Waals surface area contributed by atoms with Crippen molar-refractivity contribution in [1.29, 1.82) is 0 Å². The van der Waals surface area contributed by atoms with Crippen LogP contribution in [-0.2, 0) is 11.2 Å². The minimum atomic E-state index is -0.00926. The number of rotatable bonds is 0. The molecule has 0 fully saturated rings.